The molecule has 2 rings (SSSR count). The molecule has 0 amide bonds. The fourth-order valence-electron chi connectivity index (χ4n) is 1.66. The van der Waals surface area contributed by atoms with Crippen LogP contribution < -0.4 is 11.1 Å². The summed E-state index contributed by atoms with van der Waals surface area (Å²) in [6, 6.07) is 0. The number of rotatable bonds is 6. The molecule has 0 aliphatic rings. The van der Waals surface area contributed by atoms with E-state index < -0.39 is 10.0 Å². The van der Waals surface area contributed by atoms with E-state index in [1.165, 1.54) is 14.1 Å². The van der Waals surface area contributed by atoms with Crippen molar-refractivity contribution in [2.24, 2.45) is 7.05 Å². The summed E-state index contributed by atoms with van der Waals surface area (Å²) in [6.45, 7) is 0.504. The van der Waals surface area contributed by atoms with Crippen LogP contribution in [0.15, 0.2) is 11.2 Å². The van der Waals surface area contributed by atoms with Gasteiger partial charge in [0.15, 0.2) is 10.7 Å². The first-order valence-electron chi connectivity index (χ1n) is 6.08. The Hall–Kier alpha value is -1.72. The highest BCUT2D eigenvalue weighted by molar-refractivity contribution is 7.89. The van der Waals surface area contributed by atoms with Crippen LogP contribution in [0.4, 0.5) is 10.8 Å². The van der Waals surface area contributed by atoms with E-state index in [0.29, 0.717) is 18.0 Å². The first-order valence-corrected chi connectivity index (χ1v) is 8.29. The highest BCUT2D eigenvalue weighted by Gasteiger charge is 2.27. The number of sulfonamides is 1. The summed E-state index contributed by atoms with van der Waals surface area (Å²) in [5.41, 5.74) is 5.68. The van der Waals surface area contributed by atoms with Crippen LogP contribution in [0.2, 0.25) is 0 Å². The quantitative estimate of drug-likeness (QED) is 0.749. The van der Waals surface area contributed by atoms with Gasteiger partial charge in [-0.25, -0.2) is 12.7 Å². The summed E-state index contributed by atoms with van der Waals surface area (Å²) in [4.78, 5) is 0.0236. The molecule has 0 fully saturated rings. The molecule has 0 saturated carbocycles. The Morgan fingerprint density at radius 2 is 2.19 bits per heavy atom. The number of hydrogen-bond acceptors (Lipinski definition) is 8. The predicted octanol–water partition coefficient (Wildman–Crippen LogP) is -0.241. The largest absolute Gasteiger partial charge is 0.382 e. The Labute approximate surface area is 127 Å². The normalized spacial score (nSPS) is 12.0. The molecule has 3 N–H and O–H groups in total. The van der Waals surface area contributed by atoms with Crippen LogP contribution in [-0.2, 0) is 23.5 Å². The predicted molar refractivity (Wildman–Crippen MR) is 80.6 cm³/mol. The van der Waals surface area contributed by atoms with E-state index in [0.717, 1.165) is 21.7 Å². The Morgan fingerprint density at radius 1 is 1.48 bits per heavy atom. The van der Waals surface area contributed by atoms with Gasteiger partial charge in [0.1, 0.15) is 17.2 Å². The molecule has 0 aromatic carbocycles. The zero-order valence-electron chi connectivity index (χ0n) is 11.9. The van der Waals surface area contributed by atoms with Crippen LogP contribution in [-0.4, -0.2) is 52.5 Å². The van der Waals surface area contributed by atoms with Gasteiger partial charge in [0.05, 0.1) is 0 Å². The van der Waals surface area contributed by atoms with Gasteiger partial charge in [0, 0.05) is 34.1 Å². The first-order chi connectivity index (χ1) is 9.84. The second-order valence-corrected chi connectivity index (χ2v) is 7.41. The topological polar surface area (TPSA) is 119 Å². The van der Waals surface area contributed by atoms with Crippen LogP contribution in [0.5, 0.6) is 0 Å². The Kier molecular flexibility index (Phi) is 4.44. The van der Waals surface area contributed by atoms with E-state index >= 15 is 0 Å². The Balaban J connectivity index is 2.13. The van der Waals surface area contributed by atoms with E-state index in [1.807, 2.05) is 7.05 Å². The van der Waals surface area contributed by atoms with Crippen molar-refractivity contribution in [3.05, 3.63) is 12.2 Å². The molecule has 0 unspecified atom stereocenters. The molecule has 116 valence electrons. The number of aromatic nitrogens is 4. The lowest BCUT2D eigenvalue weighted by molar-refractivity contribution is 0.521. The maximum Gasteiger partial charge on any atom is 0.249 e. The van der Waals surface area contributed by atoms with Crippen LogP contribution >= 0.6 is 11.5 Å². The van der Waals surface area contributed by atoms with Crippen LogP contribution in [0, 0.1) is 0 Å². The summed E-state index contributed by atoms with van der Waals surface area (Å²) >= 11 is 1.03. The van der Waals surface area contributed by atoms with E-state index in [9.17, 15) is 8.42 Å². The maximum absolute atomic E-state index is 12.2. The molecular formula is C10H17N7O2S2. The van der Waals surface area contributed by atoms with Gasteiger partial charge in [-0.05, 0) is 11.5 Å². The van der Waals surface area contributed by atoms with E-state index in [4.69, 9.17) is 5.73 Å². The number of hydrogen-bond donors (Lipinski definition) is 2. The maximum atomic E-state index is 12.2. The molecule has 9 nitrogen and oxygen atoms in total. The number of nitrogens with one attached hydrogen (secondary N) is 1. The molecule has 21 heavy (non-hydrogen) atoms. The van der Waals surface area contributed by atoms with Gasteiger partial charge in [-0.2, -0.15) is 4.37 Å². The third-order valence-corrected chi connectivity index (χ3v) is 5.69. The molecule has 0 spiro atoms. The number of aryl methyl sites for hydroxylation is 1. The molecule has 0 radical (unpaired) electrons. The number of anilines is 2. The second kappa shape index (κ2) is 5.95. The van der Waals surface area contributed by atoms with Crippen molar-refractivity contribution in [1.29, 1.82) is 0 Å². The molecule has 0 bridgehead atoms. The molecule has 0 atom stereocenters. The van der Waals surface area contributed by atoms with Gasteiger partial charge in [0.25, 0.3) is 0 Å². The Morgan fingerprint density at radius 3 is 2.76 bits per heavy atom. The molecular weight excluding hydrogens is 314 g/mol. The van der Waals surface area contributed by atoms with E-state index in [1.54, 1.807) is 10.9 Å². The zero-order valence-corrected chi connectivity index (χ0v) is 13.6. The second-order valence-electron chi connectivity index (χ2n) is 4.55. The van der Waals surface area contributed by atoms with Gasteiger partial charge in [-0.1, -0.05) is 0 Å². The van der Waals surface area contributed by atoms with Gasteiger partial charge < -0.3 is 15.6 Å². The fourth-order valence-corrected chi connectivity index (χ4v) is 3.76. The third-order valence-electron chi connectivity index (χ3n) is 2.85. The van der Waals surface area contributed by atoms with Crippen molar-refractivity contribution < 1.29 is 8.42 Å². The minimum Gasteiger partial charge on any atom is -0.382 e. The standard InChI is InChI=1S/C10H17N7O2S2/c1-16(2)21(18,19)8-9(11)15-20-10(8)12-5-4-7-14-13-6-17(7)3/h6,12H,4-5H2,1-3H3,(H2,11,15). The van der Waals surface area contributed by atoms with Crippen molar-refractivity contribution in [2.45, 2.75) is 11.3 Å². The van der Waals surface area contributed by atoms with Crippen LogP contribution in [0.25, 0.3) is 0 Å². The molecule has 0 aliphatic heterocycles. The lowest BCUT2D eigenvalue weighted by Gasteiger charge is -2.12. The summed E-state index contributed by atoms with van der Waals surface area (Å²) in [6.07, 6.45) is 2.22. The van der Waals surface area contributed by atoms with Gasteiger partial charge >= 0.3 is 0 Å². The van der Waals surface area contributed by atoms with Crippen molar-refractivity contribution in [1.82, 2.24) is 23.4 Å². The lowest BCUT2D eigenvalue weighted by Crippen LogP contribution is -2.24. The van der Waals surface area contributed by atoms with Crippen molar-refractivity contribution in [3.8, 4) is 0 Å². The van der Waals surface area contributed by atoms with E-state index in [-0.39, 0.29) is 10.7 Å². The first kappa shape index (κ1) is 15.7. The van der Waals surface area contributed by atoms with Gasteiger partial charge in [0.2, 0.25) is 10.0 Å². The summed E-state index contributed by atoms with van der Waals surface area (Å²) < 4.78 is 31.3. The Bertz CT molecular complexity index is 720. The SMILES string of the molecule is CN(C)S(=O)(=O)c1c(N)nsc1NCCc1nncn1C. The zero-order chi connectivity index (χ0) is 15.6. The smallest absolute Gasteiger partial charge is 0.249 e. The minimum absolute atomic E-state index is 0.00913. The summed E-state index contributed by atoms with van der Waals surface area (Å²) in [5, 5.41) is 11.2. The summed E-state index contributed by atoms with van der Waals surface area (Å²) in [7, 11) is 1.13. The lowest BCUT2D eigenvalue weighted by atomic mass is 10.4. The summed E-state index contributed by atoms with van der Waals surface area (Å²) in [5.74, 6) is 0.812. The van der Waals surface area contributed by atoms with Crippen molar-refractivity contribution in [2.75, 3.05) is 31.7 Å². The van der Waals surface area contributed by atoms with E-state index in [2.05, 4.69) is 19.9 Å². The van der Waals surface area contributed by atoms with Crippen molar-refractivity contribution >= 4 is 32.4 Å². The average molecular weight is 331 g/mol. The number of nitrogen functional groups attached to an aromatic ring is 1. The molecule has 2 aromatic heterocycles. The van der Waals surface area contributed by atoms with Gasteiger partial charge in [-0.15, -0.1) is 10.2 Å². The minimum atomic E-state index is -3.63. The van der Waals surface area contributed by atoms with Gasteiger partial charge in [-0.3, -0.25) is 0 Å². The van der Waals surface area contributed by atoms with Crippen LogP contribution in [0.3, 0.4) is 0 Å². The number of nitrogens with two attached hydrogens (primary N) is 1. The highest BCUT2D eigenvalue weighted by atomic mass is 32.2. The average Bonchev–Trinajstić information content (AvgIpc) is 2.97. The highest BCUT2D eigenvalue weighted by Crippen LogP contribution is 2.32. The molecule has 2 heterocycles. The third kappa shape index (κ3) is 3.14. The number of nitrogens with zero attached hydrogens (tertiary/aromatic N) is 5. The molecule has 0 aliphatic carbocycles. The molecule has 2 aromatic rings. The molecule has 11 heteroatoms. The van der Waals surface area contributed by atoms with Crippen molar-refractivity contribution in [3.63, 3.8) is 0 Å². The fraction of sp³-hybridized carbons (Fsp3) is 0.500. The monoisotopic (exact) mass is 331 g/mol. The molecule has 0 saturated heterocycles. The van der Waals surface area contributed by atoms with Crippen LogP contribution in [0.1, 0.15) is 5.82 Å².